The highest BCUT2D eigenvalue weighted by Crippen LogP contribution is 2.28. The highest BCUT2D eigenvalue weighted by molar-refractivity contribution is 9.11. The van der Waals surface area contributed by atoms with Crippen LogP contribution in [0.3, 0.4) is 0 Å². The van der Waals surface area contributed by atoms with Gasteiger partial charge in [-0.05, 0) is 51.8 Å². The van der Waals surface area contributed by atoms with E-state index in [4.69, 9.17) is 14.2 Å². The molecule has 0 radical (unpaired) electrons. The largest absolute Gasteiger partial charge is 0.481 e. The Balaban J connectivity index is 1.56. The van der Waals surface area contributed by atoms with Crippen molar-refractivity contribution in [1.82, 2.24) is 0 Å². The molecule has 0 aliphatic heterocycles. The van der Waals surface area contributed by atoms with Crippen LogP contribution < -0.4 is 9.47 Å². The van der Waals surface area contributed by atoms with Crippen LogP contribution in [0.25, 0.3) is 0 Å². The summed E-state index contributed by atoms with van der Waals surface area (Å²) < 4.78 is 17.7. The summed E-state index contributed by atoms with van der Waals surface area (Å²) in [5.74, 6) is -0.547. The van der Waals surface area contributed by atoms with Crippen LogP contribution in [-0.4, -0.2) is 25.2 Å². The molecule has 3 aromatic rings. The molecule has 0 spiro atoms. The van der Waals surface area contributed by atoms with Gasteiger partial charge in [0.1, 0.15) is 17.1 Å². The van der Waals surface area contributed by atoms with E-state index >= 15 is 0 Å². The minimum absolute atomic E-state index is 0.130. The first kappa shape index (κ1) is 22.1. The number of benzene rings is 3. The normalized spacial score (nSPS) is 10.3. The first-order valence-electron chi connectivity index (χ1n) is 9.11. The SMILES string of the molecule is O=C(COc1ccc(Br)cc1Br)Oc1ccccc1C(=O)OCCc1ccccc1. The Morgan fingerprint density at radius 1 is 0.833 bits per heavy atom. The molecule has 5 nitrogen and oxygen atoms in total. The fourth-order valence-corrected chi connectivity index (χ4v) is 3.75. The Kier molecular flexibility index (Phi) is 8.04. The lowest BCUT2D eigenvalue weighted by molar-refractivity contribution is -0.136. The van der Waals surface area contributed by atoms with Crippen LogP contribution in [0.15, 0.2) is 81.7 Å². The number of esters is 2. The third-order valence-corrected chi connectivity index (χ3v) is 5.15. The Labute approximate surface area is 191 Å². The van der Waals surface area contributed by atoms with Gasteiger partial charge in [-0.3, -0.25) is 0 Å². The van der Waals surface area contributed by atoms with Crippen molar-refractivity contribution in [1.29, 1.82) is 0 Å². The molecule has 7 heteroatoms. The molecule has 0 N–H and O–H groups in total. The Morgan fingerprint density at radius 3 is 2.33 bits per heavy atom. The zero-order chi connectivity index (χ0) is 21.3. The lowest BCUT2D eigenvalue weighted by Crippen LogP contribution is -2.19. The van der Waals surface area contributed by atoms with E-state index in [0.717, 1.165) is 10.0 Å². The molecule has 3 aromatic carbocycles. The van der Waals surface area contributed by atoms with Crippen LogP contribution in [-0.2, 0) is 16.0 Å². The van der Waals surface area contributed by atoms with Crippen molar-refractivity contribution in [2.24, 2.45) is 0 Å². The number of hydrogen-bond acceptors (Lipinski definition) is 5. The van der Waals surface area contributed by atoms with Gasteiger partial charge in [0.05, 0.1) is 11.1 Å². The number of rotatable bonds is 8. The number of halogens is 2. The van der Waals surface area contributed by atoms with Gasteiger partial charge >= 0.3 is 11.9 Å². The number of carbonyl (C=O) groups excluding carboxylic acids is 2. The van der Waals surface area contributed by atoms with Gasteiger partial charge in [0.15, 0.2) is 6.61 Å². The second-order valence-corrected chi connectivity index (χ2v) is 7.98. The number of ether oxygens (including phenoxy) is 3. The summed E-state index contributed by atoms with van der Waals surface area (Å²) in [6.07, 6.45) is 0.602. The second kappa shape index (κ2) is 10.9. The van der Waals surface area contributed by atoms with E-state index in [1.54, 1.807) is 42.5 Å². The molecule has 0 unspecified atom stereocenters. The molecule has 0 aromatic heterocycles. The van der Waals surface area contributed by atoms with Crippen LogP contribution in [0.1, 0.15) is 15.9 Å². The highest BCUT2D eigenvalue weighted by atomic mass is 79.9. The molecule has 0 aliphatic carbocycles. The summed E-state index contributed by atoms with van der Waals surface area (Å²) in [6.45, 7) is -0.0799. The second-order valence-electron chi connectivity index (χ2n) is 6.21. The summed E-state index contributed by atoms with van der Waals surface area (Å²) in [6, 6.07) is 21.5. The minimum atomic E-state index is -0.630. The summed E-state index contributed by atoms with van der Waals surface area (Å²) in [7, 11) is 0. The van der Waals surface area contributed by atoms with Gasteiger partial charge in [-0.2, -0.15) is 0 Å². The standard InChI is InChI=1S/C23H18Br2O5/c24-17-10-11-21(19(25)14-17)29-15-22(26)30-20-9-5-4-8-18(20)23(27)28-13-12-16-6-2-1-3-7-16/h1-11,14H,12-13,15H2. The maximum absolute atomic E-state index is 12.4. The number of carbonyl (C=O) groups is 2. The lowest BCUT2D eigenvalue weighted by atomic mass is 10.2. The molecule has 154 valence electrons. The topological polar surface area (TPSA) is 61.8 Å². The van der Waals surface area contributed by atoms with Gasteiger partial charge in [0, 0.05) is 10.9 Å². The van der Waals surface area contributed by atoms with Crippen molar-refractivity contribution >= 4 is 43.8 Å². The lowest BCUT2D eigenvalue weighted by Gasteiger charge is -2.11. The van der Waals surface area contributed by atoms with Gasteiger partial charge < -0.3 is 14.2 Å². The van der Waals surface area contributed by atoms with Crippen LogP contribution in [0.4, 0.5) is 0 Å². The van der Waals surface area contributed by atoms with E-state index in [1.807, 2.05) is 30.3 Å². The molecule has 0 saturated carbocycles. The summed E-state index contributed by atoms with van der Waals surface area (Å²) in [4.78, 5) is 24.7. The van der Waals surface area contributed by atoms with Crippen LogP contribution in [0.5, 0.6) is 11.5 Å². The Hall–Kier alpha value is -2.64. The van der Waals surface area contributed by atoms with Gasteiger partial charge in [0.25, 0.3) is 0 Å². The third kappa shape index (κ3) is 6.43. The number of hydrogen-bond donors (Lipinski definition) is 0. The smallest absolute Gasteiger partial charge is 0.349 e. The summed E-state index contributed by atoms with van der Waals surface area (Å²) >= 11 is 6.72. The fourth-order valence-electron chi connectivity index (χ4n) is 2.59. The van der Waals surface area contributed by atoms with Crippen molar-refractivity contribution in [3.05, 3.63) is 92.9 Å². The Bertz CT molecular complexity index is 1020. The molecule has 0 heterocycles. The molecule has 0 atom stereocenters. The molecule has 0 bridgehead atoms. The van der Waals surface area contributed by atoms with Crippen LogP contribution >= 0.6 is 31.9 Å². The van der Waals surface area contributed by atoms with E-state index in [9.17, 15) is 9.59 Å². The average molecular weight is 534 g/mol. The quantitative estimate of drug-likeness (QED) is 0.279. The van der Waals surface area contributed by atoms with E-state index < -0.39 is 11.9 Å². The number of para-hydroxylation sites is 1. The maximum atomic E-state index is 12.4. The summed E-state index contributed by atoms with van der Waals surface area (Å²) in [5, 5.41) is 0. The molecule has 0 fully saturated rings. The van der Waals surface area contributed by atoms with Crippen molar-refractivity contribution < 1.29 is 23.8 Å². The average Bonchev–Trinajstić information content (AvgIpc) is 2.74. The fraction of sp³-hybridized carbons (Fsp3) is 0.130. The van der Waals surface area contributed by atoms with E-state index in [-0.39, 0.29) is 24.5 Å². The predicted octanol–water partition coefficient (Wildman–Crippen LogP) is 5.60. The minimum Gasteiger partial charge on any atom is -0.481 e. The van der Waals surface area contributed by atoms with Gasteiger partial charge in [0.2, 0.25) is 0 Å². The molecule has 0 aliphatic rings. The Morgan fingerprint density at radius 2 is 1.57 bits per heavy atom. The monoisotopic (exact) mass is 532 g/mol. The first-order chi connectivity index (χ1) is 14.5. The van der Waals surface area contributed by atoms with Crippen LogP contribution in [0.2, 0.25) is 0 Å². The molecule has 3 rings (SSSR count). The van der Waals surface area contributed by atoms with Crippen molar-refractivity contribution in [2.75, 3.05) is 13.2 Å². The van der Waals surface area contributed by atoms with Gasteiger partial charge in [-0.15, -0.1) is 0 Å². The zero-order valence-corrected chi connectivity index (χ0v) is 19.0. The summed E-state index contributed by atoms with van der Waals surface area (Å²) in [5.41, 5.74) is 1.25. The van der Waals surface area contributed by atoms with Crippen LogP contribution in [0, 0.1) is 0 Å². The maximum Gasteiger partial charge on any atom is 0.349 e. The van der Waals surface area contributed by atoms with Crippen molar-refractivity contribution in [2.45, 2.75) is 6.42 Å². The molecule has 0 amide bonds. The van der Waals surface area contributed by atoms with E-state index in [2.05, 4.69) is 31.9 Å². The predicted molar refractivity (Wildman–Crippen MR) is 120 cm³/mol. The third-order valence-electron chi connectivity index (χ3n) is 4.04. The van der Waals surface area contributed by atoms with Gasteiger partial charge in [-0.1, -0.05) is 58.4 Å². The molecule has 30 heavy (non-hydrogen) atoms. The van der Waals surface area contributed by atoms with Crippen molar-refractivity contribution in [3.8, 4) is 11.5 Å². The first-order valence-corrected chi connectivity index (χ1v) is 10.7. The van der Waals surface area contributed by atoms with Gasteiger partial charge in [-0.25, -0.2) is 9.59 Å². The zero-order valence-electron chi connectivity index (χ0n) is 15.8. The van der Waals surface area contributed by atoms with E-state index in [0.29, 0.717) is 16.6 Å². The molecule has 0 saturated heterocycles. The molecular weight excluding hydrogens is 516 g/mol. The molecular formula is C23H18Br2O5. The van der Waals surface area contributed by atoms with E-state index in [1.165, 1.54) is 0 Å². The van der Waals surface area contributed by atoms with Crippen molar-refractivity contribution in [3.63, 3.8) is 0 Å². The highest BCUT2D eigenvalue weighted by Gasteiger charge is 2.17.